The summed E-state index contributed by atoms with van der Waals surface area (Å²) in [5.41, 5.74) is 5.71. The van der Waals surface area contributed by atoms with Gasteiger partial charge in [0.2, 0.25) is 0 Å². The summed E-state index contributed by atoms with van der Waals surface area (Å²) in [5.74, 6) is 0.477. The van der Waals surface area contributed by atoms with Gasteiger partial charge >= 0.3 is 0 Å². The molecular weight excluding hydrogens is 457 g/mol. The van der Waals surface area contributed by atoms with Gasteiger partial charge in [-0.15, -0.1) is 11.3 Å². The van der Waals surface area contributed by atoms with Crippen molar-refractivity contribution in [3.8, 4) is 0 Å². The molecule has 0 saturated heterocycles. The molecule has 3 aromatic carbocycles. The minimum Gasteiger partial charge on any atom is -0.267 e. The van der Waals surface area contributed by atoms with Crippen molar-refractivity contribution in [1.29, 1.82) is 0 Å². The van der Waals surface area contributed by atoms with E-state index in [-0.39, 0.29) is 5.91 Å². The molecule has 150 valence electrons. The van der Waals surface area contributed by atoms with Gasteiger partial charge in [0.25, 0.3) is 5.91 Å². The van der Waals surface area contributed by atoms with Crippen LogP contribution in [0.1, 0.15) is 21.5 Å². The number of fused-ring (bicyclic) bond motifs is 1. The maximum absolute atomic E-state index is 12.3. The number of nitrogens with one attached hydrogen (secondary N) is 1. The van der Waals surface area contributed by atoms with E-state index in [0.29, 0.717) is 21.2 Å². The van der Waals surface area contributed by atoms with Crippen LogP contribution in [0.25, 0.3) is 10.2 Å². The van der Waals surface area contributed by atoms with Crippen molar-refractivity contribution in [3.63, 3.8) is 0 Å². The third-order valence-electron chi connectivity index (χ3n) is 4.21. The van der Waals surface area contributed by atoms with Gasteiger partial charge in [0.1, 0.15) is 0 Å². The number of thioether (sulfide) groups is 1. The van der Waals surface area contributed by atoms with Gasteiger partial charge in [-0.3, -0.25) is 4.79 Å². The van der Waals surface area contributed by atoms with Gasteiger partial charge in [0.15, 0.2) is 4.34 Å². The second kappa shape index (κ2) is 9.62. The van der Waals surface area contributed by atoms with Gasteiger partial charge in [-0.25, -0.2) is 10.4 Å². The van der Waals surface area contributed by atoms with Crippen LogP contribution in [0.2, 0.25) is 10.0 Å². The smallest absolute Gasteiger partial charge is 0.267 e. The van der Waals surface area contributed by atoms with E-state index < -0.39 is 0 Å². The zero-order valence-electron chi connectivity index (χ0n) is 15.5. The topological polar surface area (TPSA) is 54.4 Å². The van der Waals surface area contributed by atoms with E-state index in [9.17, 15) is 4.79 Å². The van der Waals surface area contributed by atoms with Gasteiger partial charge in [-0.05, 0) is 42.0 Å². The second-order valence-electron chi connectivity index (χ2n) is 6.27. The number of nitrogens with zero attached hydrogens (tertiary/aromatic N) is 2. The Morgan fingerprint density at radius 3 is 2.50 bits per heavy atom. The van der Waals surface area contributed by atoms with E-state index in [1.165, 1.54) is 10.9 Å². The van der Waals surface area contributed by atoms with E-state index >= 15 is 0 Å². The quantitative estimate of drug-likeness (QED) is 0.194. The summed E-state index contributed by atoms with van der Waals surface area (Å²) in [6.45, 7) is 0. The highest BCUT2D eigenvalue weighted by atomic mass is 35.5. The summed E-state index contributed by atoms with van der Waals surface area (Å²) in [4.78, 5) is 16.9. The molecule has 4 nitrogen and oxygen atoms in total. The van der Waals surface area contributed by atoms with E-state index in [1.807, 2.05) is 30.3 Å². The Bertz CT molecular complexity index is 1170. The predicted molar refractivity (Wildman–Crippen MR) is 127 cm³/mol. The minimum atomic E-state index is -0.306. The molecule has 4 aromatic rings. The molecule has 1 N–H and O–H groups in total. The van der Waals surface area contributed by atoms with E-state index in [2.05, 4.69) is 21.6 Å². The molecule has 0 fully saturated rings. The molecule has 0 unspecified atom stereocenters. The Morgan fingerprint density at radius 2 is 1.77 bits per heavy atom. The number of thiazole rings is 1. The first-order valence-corrected chi connectivity index (χ1v) is 11.5. The van der Waals surface area contributed by atoms with E-state index in [4.69, 9.17) is 23.2 Å². The molecule has 1 heterocycles. The average molecular weight is 472 g/mol. The third-order valence-corrected chi connectivity index (χ3v) is 7.12. The molecule has 1 aromatic heterocycles. The van der Waals surface area contributed by atoms with Crippen molar-refractivity contribution in [2.45, 2.75) is 10.1 Å². The number of hydrogen-bond acceptors (Lipinski definition) is 5. The highest BCUT2D eigenvalue weighted by Gasteiger charge is 2.07. The van der Waals surface area contributed by atoms with Crippen LogP contribution in [-0.4, -0.2) is 17.1 Å². The molecule has 8 heteroatoms. The number of amides is 1. The minimum absolute atomic E-state index is 0.306. The van der Waals surface area contributed by atoms with Crippen LogP contribution in [0, 0.1) is 0 Å². The van der Waals surface area contributed by atoms with Gasteiger partial charge in [-0.2, -0.15) is 5.10 Å². The summed E-state index contributed by atoms with van der Waals surface area (Å²) in [6.07, 6.45) is 1.44. The van der Waals surface area contributed by atoms with Crippen LogP contribution in [0.5, 0.6) is 0 Å². The fourth-order valence-corrected chi connectivity index (χ4v) is 5.18. The Hall–Kier alpha value is -2.38. The first-order valence-electron chi connectivity index (χ1n) is 8.95. The maximum atomic E-state index is 12.3. The van der Waals surface area contributed by atoms with Gasteiger partial charge < -0.3 is 0 Å². The molecular formula is C22H15Cl2N3OS2. The fourth-order valence-electron chi connectivity index (χ4n) is 2.66. The number of benzene rings is 3. The summed E-state index contributed by atoms with van der Waals surface area (Å²) in [7, 11) is 0. The summed E-state index contributed by atoms with van der Waals surface area (Å²) in [5, 5.41) is 4.89. The zero-order valence-corrected chi connectivity index (χ0v) is 18.7. The lowest BCUT2D eigenvalue weighted by molar-refractivity contribution is 0.0955. The number of carbonyl (C=O) groups is 1. The van der Waals surface area contributed by atoms with Crippen molar-refractivity contribution in [1.82, 2.24) is 10.4 Å². The first kappa shape index (κ1) is 20.9. The number of carbonyl (C=O) groups excluding carboxylic acids is 1. The van der Waals surface area contributed by atoms with Gasteiger partial charge in [0, 0.05) is 16.9 Å². The van der Waals surface area contributed by atoms with Crippen LogP contribution in [0.15, 0.2) is 76.2 Å². The van der Waals surface area contributed by atoms with Crippen molar-refractivity contribution in [3.05, 3.63) is 93.5 Å². The molecule has 30 heavy (non-hydrogen) atoms. The summed E-state index contributed by atoms with van der Waals surface area (Å²) >= 11 is 15.5. The predicted octanol–water partition coefficient (Wildman–Crippen LogP) is 6.66. The number of aromatic nitrogens is 1. The molecule has 1 amide bonds. The lowest BCUT2D eigenvalue weighted by Gasteiger charge is -2.03. The van der Waals surface area contributed by atoms with Crippen molar-refractivity contribution >= 4 is 68.6 Å². The molecule has 0 radical (unpaired) electrons. The number of hydrogen-bond donors (Lipinski definition) is 1. The molecule has 0 aliphatic rings. The molecule has 4 rings (SSSR count). The molecule has 0 spiro atoms. The highest BCUT2D eigenvalue weighted by molar-refractivity contribution is 8.00. The van der Waals surface area contributed by atoms with Crippen molar-refractivity contribution in [2.75, 3.05) is 0 Å². The lowest BCUT2D eigenvalue weighted by Crippen LogP contribution is -2.17. The average Bonchev–Trinajstić information content (AvgIpc) is 3.18. The van der Waals surface area contributed by atoms with E-state index in [0.717, 1.165) is 21.2 Å². The highest BCUT2D eigenvalue weighted by Crippen LogP contribution is 2.31. The molecule has 0 aliphatic carbocycles. The Labute approximate surface area is 191 Å². The third kappa shape index (κ3) is 5.02. The maximum Gasteiger partial charge on any atom is 0.271 e. The van der Waals surface area contributed by atoms with Crippen LogP contribution in [0.4, 0.5) is 0 Å². The largest absolute Gasteiger partial charge is 0.271 e. The Morgan fingerprint density at radius 1 is 1.03 bits per heavy atom. The van der Waals surface area contributed by atoms with Crippen LogP contribution in [-0.2, 0) is 5.75 Å². The number of para-hydroxylation sites is 1. The van der Waals surface area contributed by atoms with Crippen LogP contribution >= 0.6 is 46.3 Å². The first-order chi connectivity index (χ1) is 14.6. The normalized spacial score (nSPS) is 11.3. The standard InChI is InChI=1S/C22H15Cl2N3OS2/c23-17-4-3-5-18(24)16(17)12-25-27-21(28)15-10-8-14(9-11-15)13-29-22-26-19-6-1-2-7-20(19)30-22/h1-12H,13H2,(H,27,28). The molecule has 0 bridgehead atoms. The second-order valence-corrected chi connectivity index (χ2v) is 9.34. The number of hydrazone groups is 1. The zero-order chi connectivity index (χ0) is 20.9. The Kier molecular flexibility index (Phi) is 6.69. The van der Waals surface area contributed by atoms with Crippen LogP contribution < -0.4 is 5.43 Å². The van der Waals surface area contributed by atoms with Crippen LogP contribution in [0.3, 0.4) is 0 Å². The molecule has 0 aliphatic heterocycles. The summed E-state index contributed by atoms with van der Waals surface area (Å²) in [6, 6.07) is 20.7. The van der Waals surface area contributed by atoms with Crippen molar-refractivity contribution in [2.24, 2.45) is 5.10 Å². The monoisotopic (exact) mass is 471 g/mol. The van der Waals surface area contributed by atoms with E-state index in [1.54, 1.807) is 53.4 Å². The number of rotatable bonds is 6. The lowest BCUT2D eigenvalue weighted by atomic mass is 10.1. The number of halogens is 2. The van der Waals surface area contributed by atoms with Crippen molar-refractivity contribution < 1.29 is 4.79 Å². The fraction of sp³-hybridized carbons (Fsp3) is 0.0455. The molecule has 0 saturated carbocycles. The molecule has 0 atom stereocenters. The van der Waals surface area contributed by atoms with Gasteiger partial charge in [0.05, 0.1) is 26.5 Å². The van der Waals surface area contributed by atoms with Gasteiger partial charge in [-0.1, -0.05) is 65.3 Å². The summed E-state index contributed by atoms with van der Waals surface area (Å²) < 4.78 is 2.22. The Balaban J connectivity index is 1.34. The SMILES string of the molecule is O=C(NN=Cc1c(Cl)cccc1Cl)c1ccc(CSc2nc3ccccc3s2)cc1.